The maximum atomic E-state index is 13.5. The molecule has 2 aromatic carbocycles. The Labute approximate surface area is 201 Å². The van der Waals surface area contributed by atoms with Gasteiger partial charge in [0.1, 0.15) is 5.54 Å². The first-order valence-corrected chi connectivity index (χ1v) is 12.1. The van der Waals surface area contributed by atoms with Crippen molar-refractivity contribution in [1.29, 1.82) is 0 Å². The molecular weight excluding hydrogens is 430 g/mol. The van der Waals surface area contributed by atoms with Crippen LogP contribution in [0.2, 0.25) is 0 Å². The molecule has 1 saturated heterocycles. The van der Waals surface area contributed by atoms with Gasteiger partial charge in [-0.15, -0.1) is 0 Å². The number of rotatable bonds is 5. The number of carbonyl (C=O) groups excluding carboxylic acids is 2. The van der Waals surface area contributed by atoms with Gasteiger partial charge in [0.2, 0.25) is 0 Å². The summed E-state index contributed by atoms with van der Waals surface area (Å²) in [5, 5.41) is 3.06. The zero-order chi connectivity index (χ0) is 23.9. The third-order valence-electron chi connectivity index (χ3n) is 7.79. The van der Waals surface area contributed by atoms with E-state index < -0.39 is 5.54 Å². The standard InChI is InChI=1S/C27H33N3O4/c1-18-9-12-27(13-10-18)25(31)30(26(32)28-27)17-29-14-11-20-15-22(33-2)23(34-3)16-21(20)24(29)19-7-5-4-6-8-19/h4-8,15-16,18,24H,9-14,17H2,1-3H3,(H,28,32). The average molecular weight is 464 g/mol. The highest BCUT2D eigenvalue weighted by Gasteiger charge is 2.52. The van der Waals surface area contributed by atoms with Gasteiger partial charge in [-0.1, -0.05) is 37.3 Å². The van der Waals surface area contributed by atoms with Gasteiger partial charge >= 0.3 is 6.03 Å². The minimum atomic E-state index is -0.726. The lowest BCUT2D eigenvalue weighted by Crippen LogP contribution is -2.50. The second-order valence-corrected chi connectivity index (χ2v) is 9.85. The molecule has 0 radical (unpaired) electrons. The van der Waals surface area contributed by atoms with Gasteiger partial charge in [-0.3, -0.25) is 9.69 Å². The fraction of sp³-hybridized carbons (Fsp3) is 0.481. The molecule has 1 aliphatic carbocycles. The Hall–Kier alpha value is -3.06. The van der Waals surface area contributed by atoms with E-state index in [1.165, 1.54) is 10.5 Å². The summed E-state index contributed by atoms with van der Waals surface area (Å²) in [6.07, 6.45) is 4.16. The summed E-state index contributed by atoms with van der Waals surface area (Å²) in [6, 6.07) is 13.9. The Morgan fingerprint density at radius 3 is 2.38 bits per heavy atom. The third kappa shape index (κ3) is 3.82. The lowest BCUT2D eigenvalue weighted by Gasteiger charge is -2.39. The van der Waals surface area contributed by atoms with E-state index in [4.69, 9.17) is 9.47 Å². The van der Waals surface area contributed by atoms with Crippen molar-refractivity contribution in [1.82, 2.24) is 15.1 Å². The average Bonchev–Trinajstić information content (AvgIpc) is 3.09. The van der Waals surface area contributed by atoms with Crippen molar-refractivity contribution in [2.45, 2.75) is 50.6 Å². The molecule has 34 heavy (non-hydrogen) atoms. The molecule has 5 rings (SSSR count). The summed E-state index contributed by atoms with van der Waals surface area (Å²) in [7, 11) is 3.29. The number of benzene rings is 2. The van der Waals surface area contributed by atoms with E-state index in [0.717, 1.165) is 49.8 Å². The number of imide groups is 1. The van der Waals surface area contributed by atoms with Gasteiger partial charge in [0.25, 0.3) is 5.91 Å². The van der Waals surface area contributed by atoms with Crippen molar-refractivity contribution >= 4 is 11.9 Å². The largest absolute Gasteiger partial charge is 0.493 e. The number of amides is 3. The molecule has 1 N–H and O–H groups in total. The quantitative estimate of drug-likeness (QED) is 0.676. The normalized spacial score (nSPS) is 27.0. The molecule has 7 heteroatoms. The Kier molecular flexibility index (Phi) is 5.98. The van der Waals surface area contributed by atoms with Crippen LogP contribution in [0.15, 0.2) is 42.5 Å². The molecule has 2 heterocycles. The van der Waals surface area contributed by atoms with E-state index in [1.54, 1.807) is 14.2 Å². The monoisotopic (exact) mass is 463 g/mol. The molecule has 1 unspecified atom stereocenters. The van der Waals surface area contributed by atoms with Gasteiger partial charge in [0.15, 0.2) is 11.5 Å². The summed E-state index contributed by atoms with van der Waals surface area (Å²) >= 11 is 0. The van der Waals surface area contributed by atoms with Gasteiger partial charge in [-0.25, -0.2) is 9.69 Å². The van der Waals surface area contributed by atoms with Crippen LogP contribution in [0.25, 0.3) is 0 Å². The molecule has 1 atom stereocenters. The van der Waals surface area contributed by atoms with Crippen molar-refractivity contribution in [2.75, 3.05) is 27.4 Å². The fourth-order valence-corrected chi connectivity index (χ4v) is 5.76. The molecule has 0 aromatic heterocycles. The van der Waals surface area contributed by atoms with Crippen LogP contribution in [0.5, 0.6) is 11.5 Å². The molecule has 3 aliphatic rings. The van der Waals surface area contributed by atoms with Gasteiger partial charge < -0.3 is 14.8 Å². The molecule has 2 aromatic rings. The highest BCUT2D eigenvalue weighted by molar-refractivity contribution is 6.07. The van der Waals surface area contributed by atoms with Crippen LogP contribution < -0.4 is 14.8 Å². The molecule has 7 nitrogen and oxygen atoms in total. The van der Waals surface area contributed by atoms with Gasteiger partial charge in [0, 0.05) is 6.54 Å². The van der Waals surface area contributed by atoms with E-state index in [0.29, 0.717) is 17.4 Å². The van der Waals surface area contributed by atoms with Crippen molar-refractivity contribution in [3.8, 4) is 11.5 Å². The molecule has 180 valence electrons. The molecular formula is C27H33N3O4. The summed E-state index contributed by atoms with van der Waals surface area (Å²) in [5.41, 5.74) is 2.70. The number of ether oxygens (including phenoxy) is 2. The summed E-state index contributed by atoms with van der Waals surface area (Å²) in [6.45, 7) is 3.20. The number of carbonyl (C=O) groups is 2. The predicted octanol–water partition coefficient (Wildman–Crippen LogP) is 4.11. The lowest BCUT2D eigenvalue weighted by molar-refractivity contribution is -0.134. The van der Waals surface area contributed by atoms with E-state index in [-0.39, 0.29) is 24.6 Å². The highest BCUT2D eigenvalue weighted by atomic mass is 16.5. The smallest absolute Gasteiger partial charge is 0.326 e. The van der Waals surface area contributed by atoms with Crippen molar-refractivity contribution in [2.24, 2.45) is 5.92 Å². The minimum Gasteiger partial charge on any atom is -0.493 e. The first-order valence-electron chi connectivity index (χ1n) is 12.1. The first kappa shape index (κ1) is 22.7. The number of urea groups is 1. The third-order valence-corrected chi connectivity index (χ3v) is 7.79. The van der Waals surface area contributed by atoms with E-state index in [2.05, 4.69) is 29.3 Å². The number of hydrogen-bond donors (Lipinski definition) is 1. The molecule has 1 saturated carbocycles. The summed E-state index contributed by atoms with van der Waals surface area (Å²) in [5.74, 6) is 1.91. The van der Waals surface area contributed by atoms with E-state index >= 15 is 0 Å². The Bertz CT molecular complexity index is 1080. The second-order valence-electron chi connectivity index (χ2n) is 9.85. The van der Waals surface area contributed by atoms with E-state index in [1.807, 2.05) is 30.3 Å². The Morgan fingerprint density at radius 1 is 1.03 bits per heavy atom. The first-order chi connectivity index (χ1) is 16.5. The van der Waals surface area contributed by atoms with Crippen LogP contribution in [0, 0.1) is 5.92 Å². The number of nitrogens with one attached hydrogen (secondary N) is 1. The van der Waals surface area contributed by atoms with Crippen LogP contribution in [-0.2, 0) is 11.2 Å². The number of nitrogens with zero attached hydrogens (tertiary/aromatic N) is 2. The van der Waals surface area contributed by atoms with Crippen molar-refractivity contribution in [3.05, 3.63) is 59.2 Å². The van der Waals surface area contributed by atoms with Gasteiger partial charge in [-0.05, 0) is 66.8 Å². The minimum absolute atomic E-state index is 0.0747. The lowest BCUT2D eigenvalue weighted by atomic mass is 9.77. The van der Waals surface area contributed by atoms with Crippen LogP contribution >= 0.6 is 0 Å². The van der Waals surface area contributed by atoms with Gasteiger partial charge in [-0.2, -0.15) is 0 Å². The molecule has 3 amide bonds. The molecule has 2 aliphatic heterocycles. The van der Waals surface area contributed by atoms with Crippen LogP contribution in [0.4, 0.5) is 4.79 Å². The molecule has 1 spiro atoms. The zero-order valence-corrected chi connectivity index (χ0v) is 20.2. The predicted molar refractivity (Wildman–Crippen MR) is 129 cm³/mol. The summed E-state index contributed by atoms with van der Waals surface area (Å²) < 4.78 is 11.1. The number of hydrogen-bond acceptors (Lipinski definition) is 5. The molecule has 2 fully saturated rings. The maximum absolute atomic E-state index is 13.5. The van der Waals surface area contributed by atoms with Crippen molar-refractivity contribution < 1.29 is 19.1 Å². The zero-order valence-electron chi connectivity index (χ0n) is 20.2. The topological polar surface area (TPSA) is 71.1 Å². The molecule has 0 bridgehead atoms. The van der Waals surface area contributed by atoms with Crippen LogP contribution in [0.1, 0.15) is 55.3 Å². The van der Waals surface area contributed by atoms with Crippen molar-refractivity contribution in [3.63, 3.8) is 0 Å². The summed E-state index contributed by atoms with van der Waals surface area (Å²) in [4.78, 5) is 30.2. The number of fused-ring (bicyclic) bond motifs is 1. The van der Waals surface area contributed by atoms with Crippen LogP contribution in [-0.4, -0.2) is 54.7 Å². The number of methoxy groups -OCH3 is 2. The van der Waals surface area contributed by atoms with E-state index in [9.17, 15) is 9.59 Å². The Balaban J connectivity index is 1.48. The van der Waals surface area contributed by atoms with Gasteiger partial charge in [0.05, 0.1) is 26.9 Å². The maximum Gasteiger partial charge on any atom is 0.326 e. The fourth-order valence-electron chi connectivity index (χ4n) is 5.76. The Morgan fingerprint density at radius 2 is 1.71 bits per heavy atom. The second kappa shape index (κ2) is 8.95. The highest BCUT2D eigenvalue weighted by Crippen LogP contribution is 2.42. The SMILES string of the molecule is COc1cc2c(cc1OC)C(c1ccccc1)N(CN1C(=O)NC3(CCC(C)CC3)C1=O)CC2. The van der Waals surface area contributed by atoms with Crippen LogP contribution in [0.3, 0.4) is 0 Å².